The highest BCUT2D eigenvalue weighted by atomic mass is 16.5. The third-order valence-corrected chi connectivity index (χ3v) is 2.80. The molecule has 0 aliphatic carbocycles. The molecule has 0 aliphatic heterocycles. The third-order valence-electron chi connectivity index (χ3n) is 2.80. The molecule has 0 spiro atoms. The molecule has 1 aromatic heterocycles. The van der Waals surface area contributed by atoms with E-state index in [0.29, 0.717) is 5.82 Å². The minimum atomic E-state index is -0.111. The lowest BCUT2D eigenvalue weighted by molar-refractivity contribution is 0.263. The summed E-state index contributed by atoms with van der Waals surface area (Å²) in [5, 5.41) is 16.8. The Labute approximate surface area is 99.7 Å². The fourth-order valence-corrected chi connectivity index (χ4v) is 1.75. The number of methoxy groups -OCH3 is 1. The number of ether oxygens (including phenoxy) is 1. The lowest BCUT2D eigenvalue weighted by atomic mass is 10.1. The predicted octanol–water partition coefficient (Wildman–Crippen LogP) is 1.39. The summed E-state index contributed by atoms with van der Waals surface area (Å²) >= 11 is 0. The minimum absolute atomic E-state index is 0.0815. The Morgan fingerprint density at radius 1 is 1.35 bits per heavy atom. The van der Waals surface area contributed by atoms with Crippen LogP contribution in [0.5, 0.6) is 5.75 Å². The smallest absolute Gasteiger partial charge is 0.159 e. The van der Waals surface area contributed by atoms with Crippen molar-refractivity contribution in [1.29, 1.82) is 0 Å². The number of benzene rings is 1. The van der Waals surface area contributed by atoms with Gasteiger partial charge in [0.25, 0.3) is 0 Å². The number of nitrogens with zero attached hydrogens (tertiary/aromatic N) is 3. The van der Waals surface area contributed by atoms with E-state index in [2.05, 4.69) is 10.2 Å². The largest absolute Gasteiger partial charge is 0.497 e. The second kappa shape index (κ2) is 4.97. The molecule has 90 valence electrons. The molecule has 17 heavy (non-hydrogen) atoms. The monoisotopic (exact) mass is 233 g/mol. The molecule has 5 nitrogen and oxygen atoms in total. The summed E-state index contributed by atoms with van der Waals surface area (Å²) < 4.78 is 6.96. The number of aliphatic hydroxyl groups is 1. The average molecular weight is 233 g/mol. The van der Waals surface area contributed by atoms with Crippen LogP contribution in [0, 0.1) is 0 Å². The fraction of sp³-hybridized carbons (Fsp3) is 0.333. The molecule has 1 N–H and O–H groups in total. The SMILES string of the molecule is COc1ccc(C(C)n2cnnc2CO)cc1. The first-order chi connectivity index (χ1) is 8.26. The molecule has 0 fully saturated rings. The normalized spacial score (nSPS) is 12.4. The highest BCUT2D eigenvalue weighted by Gasteiger charge is 2.12. The predicted molar refractivity (Wildman–Crippen MR) is 62.8 cm³/mol. The topological polar surface area (TPSA) is 60.2 Å². The van der Waals surface area contributed by atoms with Gasteiger partial charge in [0.15, 0.2) is 5.82 Å². The van der Waals surface area contributed by atoms with Gasteiger partial charge in [0.1, 0.15) is 18.7 Å². The van der Waals surface area contributed by atoms with Gasteiger partial charge in [0, 0.05) is 0 Å². The maximum atomic E-state index is 9.14. The van der Waals surface area contributed by atoms with Crippen molar-refractivity contribution in [3.63, 3.8) is 0 Å². The maximum absolute atomic E-state index is 9.14. The van der Waals surface area contributed by atoms with Crippen LogP contribution in [0.15, 0.2) is 30.6 Å². The summed E-state index contributed by atoms with van der Waals surface area (Å²) in [5.74, 6) is 1.39. The summed E-state index contributed by atoms with van der Waals surface area (Å²) in [7, 11) is 1.64. The Bertz CT molecular complexity index is 479. The highest BCUT2D eigenvalue weighted by Crippen LogP contribution is 2.21. The summed E-state index contributed by atoms with van der Waals surface area (Å²) in [6.45, 7) is 1.92. The first kappa shape index (κ1) is 11.6. The molecule has 2 aromatic rings. The molecule has 1 atom stereocenters. The second-order valence-corrected chi connectivity index (χ2v) is 3.76. The van der Waals surface area contributed by atoms with Crippen LogP contribution in [0.3, 0.4) is 0 Å². The summed E-state index contributed by atoms with van der Waals surface area (Å²) in [6.07, 6.45) is 1.63. The van der Waals surface area contributed by atoms with Gasteiger partial charge in [-0.25, -0.2) is 0 Å². The van der Waals surface area contributed by atoms with E-state index >= 15 is 0 Å². The van der Waals surface area contributed by atoms with E-state index in [1.807, 2.05) is 35.8 Å². The van der Waals surface area contributed by atoms with Crippen molar-refractivity contribution >= 4 is 0 Å². The van der Waals surface area contributed by atoms with Gasteiger partial charge in [-0.1, -0.05) is 12.1 Å². The van der Waals surface area contributed by atoms with Crippen LogP contribution < -0.4 is 4.74 Å². The van der Waals surface area contributed by atoms with Crippen LogP contribution in [-0.4, -0.2) is 27.0 Å². The Balaban J connectivity index is 2.27. The molecule has 0 radical (unpaired) electrons. The van der Waals surface area contributed by atoms with Crippen molar-refractivity contribution in [1.82, 2.24) is 14.8 Å². The summed E-state index contributed by atoms with van der Waals surface area (Å²) in [5.41, 5.74) is 1.11. The summed E-state index contributed by atoms with van der Waals surface area (Å²) in [6, 6.07) is 7.89. The zero-order chi connectivity index (χ0) is 12.3. The molecule has 1 unspecified atom stereocenters. The Morgan fingerprint density at radius 2 is 2.06 bits per heavy atom. The van der Waals surface area contributed by atoms with Crippen LogP contribution in [0.1, 0.15) is 24.4 Å². The van der Waals surface area contributed by atoms with Crippen molar-refractivity contribution in [2.45, 2.75) is 19.6 Å². The zero-order valence-electron chi connectivity index (χ0n) is 9.87. The lowest BCUT2D eigenvalue weighted by Crippen LogP contribution is -2.09. The van der Waals surface area contributed by atoms with E-state index in [9.17, 15) is 0 Å². The quantitative estimate of drug-likeness (QED) is 0.866. The average Bonchev–Trinajstić information content (AvgIpc) is 2.86. The molecule has 1 aromatic carbocycles. The molecule has 0 amide bonds. The van der Waals surface area contributed by atoms with E-state index < -0.39 is 0 Å². The van der Waals surface area contributed by atoms with Crippen LogP contribution in [-0.2, 0) is 6.61 Å². The van der Waals surface area contributed by atoms with Gasteiger partial charge in [0.2, 0.25) is 0 Å². The first-order valence-electron chi connectivity index (χ1n) is 5.39. The molecule has 1 heterocycles. The molecule has 0 saturated heterocycles. The van der Waals surface area contributed by atoms with Crippen LogP contribution >= 0.6 is 0 Å². The van der Waals surface area contributed by atoms with Gasteiger partial charge in [-0.3, -0.25) is 0 Å². The second-order valence-electron chi connectivity index (χ2n) is 3.76. The van der Waals surface area contributed by atoms with Crippen molar-refractivity contribution in [2.24, 2.45) is 0 Å². The van der Waals surface area contributed by atoms with E-state index in [1.165, 1.54) is 0 Å². The number of aliphatic hydroxyl groups excluding tert-OH is 1. The van der Waals surface area contributed by atoms with E-state index in [0.717, 1.165) is 11.3 Å². The maximum Gasteiger partial charge on any atom is 0.159 e. The Morgan fingerprint density at radius 3 is 2.65 bits per heavy atom. The molecule has 0 saturated carbocycles. The van der Waals surface area contributed by atoms with E-state index in [1.54, 1.807) is 13.4 Å². The van der Waals surface area contributed by atoms with Gasteiger partial charge < -0.3 is 14.4 Å². The molecule has 0 aliphatic rings. The van der Waals surface area contributed by atoms with Gasteiger partial charge in [0.05, 0.1) is 13.2 Å². The lowest BCUT2D eigenvalue weighted by Gasteiger charge is -2.15. The van der Waals surface area contributed by atoms with Gasteiger partial charge in [-0.05, 0) is 24.6 Å². The molecule has 0 bridgehead atoms. The minimum Gasteiger partial charge on any atom is -0.497 e. The van der Waals surface area contributed by atoms with Gasteiger partial charge >= 0.3 is 0 Å². The fourth-order valence-electron chi connectivity index (χ4n) is 1.75. The molecule has 2 rings (SSSR count). The third kappa shape index (κ3) is 2.29. The zero-order valence-corrected chi connectivity index (χ0v) is 9.87. The van der Waals surface area contributed by atoms with Crippen molar-refractivity contribution in [2.75, 3.05) is 7.11 Å². The van der Waals surface area contributed by atoms with Gasteiger partial charge in [-0.2, -0.15) is 0 Å². The molecular weight excluding hydrogens is 218 g/mol. The van der Waals surface area contributed by atoms with Gasteiger partial charge in [-0.15, -0.1) is 10.2 Å². The van der Waals surface area contributed by atoms with Crippen molar-refractivity contribution in [3.8, 4) is 5.75 Å². The van der Waals surface area contributed by atoms with Crippen LogP contribution in [0.4, 0.5) is 0 Å². The molecule has 5 heteroatoms. The van der Waals surface area contributed by atoms with Crippen LogP contribution in [0.2, 0.25) is 0 Å². The van der Waals surface area contributed by atoms with E-state index in [4.69, 9.17) is 9.84 Å². The number of hydrogen-bond acceptors (Lipinski definition) is 4. The Hall–Kier alpha value is -1.88. The standard InChI is InChI=1S/C12H15N3O2/c1-9(15-8-13-14-12(15)7-16)10-3-5-11(17-2)6-4-10/h3-6,8-9,16H,7H2,1-2H3. The number of aromatic nitrogens is 3. The highest BCUT2D eigenvalue weighted by molar-refractivity contribution is 5.29. The first-order valence-corrected chi connectivity index (χ1v) is 5.39. The Kier molecular flexibility index (Phi) is 3.39. The van der Waals surface area contributed by atoms with E-state index in [-0.39, 0.29) is 12.6 Å². The number of hydrogen-bond donors (Lipinski definition) is 1. The summed E-state index contributed by atoms with van der Waals surface area (Å²) in [4.78, 5) is 0. The van der Waals surface area contributed by atoms with Crippen molar-refractivity contribution < 1.29 is 9.84 Å². The van der Waals surface area contributed by atoms with Crippen molar-refractivity contribution in [3.05, 3.63) is 42.0 Å². The van der Waals surface area contributed by atoms with Crippen LogP contribution in [0.25, 0.3) is 0 Å². The molecular formula is C12H15N3O2. The number of rotatable bonds is 4.